The van der Waals surface area contributed by atoms with Crippen molar-refractivity contribution in [2.75, 3.05) is 37.7 Å². The average molecular weight is 675 g/mol. The van der Waals surface area contributed by atoms with E-state index in [1.165, 1.54) is 17.9 Å². The highest BCUT2D eigenvalue weighted by atomic mass is 127. The van der Waals surface area contributed by atoms with Crippen molar-refractivity contribution in [3.05, 3.63) is 36.5 Å². The van der Waals surface area contributed by atoms with Crippen molar-refractivity contribution in [3.63, 3.8) is 0 Å². The summed E-state index contributed by atoms with van der Waals surface area (Å²) in [5.74, 6) is -1.51. The highest BCUT2D eigenvalue weighted by Crippen LogP contribution is 2.36. The Kier molecular flexibility index (Phi) is 12.0. The zero-order valence-corrected chi connectivity index (χ0v) is 22.0. The molecule has 1 aromatic rings. The van der Waals surface area contributed by atoms with Crippen LogP contribution >= 0.6 is 45.2 Å². The molecule has 1 rings (SSSR count). The predicted molar refractivity (Wildman–Crippen MR) is 136 cm³/mol. The molecule has 0 aromatic heterocycles. The van der Waals surface area contributed by atoms with Crippen molar-refractivity contribution in [2.24, 2.45) is 0 Å². The number of carbonyl (C=O) groups excluding carboxylic acids is 3. The van der Waals surface area contributed by atoms with Gasteiger partial charge in [-0.1, -0.05) is 6.08 Å². The number of benzene rings is 1. The van der Waals surface area contributed by atoms with E-state index in [1.807, 2.05) is 45.2 Å². The van der Waals surface area contributed by atoms with Gasteiger partial charge in [0.25, 0.3) is 11.8 Å². The van der Waals surface area contributed by atoms with Crippen molar-refractivity contribution in [1.29, 1.82) is 0 Å². The summed E-state index contributed by atoms with van der Waals surface area (Å²) in [5, 5.41) is 42.2. The van der Waals surface area contributed by atoms with Gasteiger partial charge in [-0.3, -0.25) is 14.4 Å². The normalized spacial score (nSPS) is 12.6. The lowest BCUT2D eigenvalue weighted by molar-refractivity contribution is -0.116. The molecule has 12 heteroatoms. The monoisotopic (exact) mass is 675 g/mol. The third-order valence-electron chi connectivity index (χ3n) is 4.43. The van der Waals surface area contributed by atoms with Crippen molar-refractivity contribution >= 4 is 68.6 Å². The molecule has 2 atom stereocenters. The van der Waals surface area contributed by atoms with Gasteiger partial charge in [0.2, 0.25) is 5.91 Å². The summed E-state index contributed by atoms with van der Waals surface area (Å²) in [6, 6.07) is 0. The fourth-order valence-electron chi connectivity index (χ4n) is 2.81. The minimum Gasteiger partial charge on any atom is -0.394 e. The third-order valence-corrected chi connectivity index (χ3v) is 6.56. The van der Waals surface area contributed by atoms with Crippen LogP contribution in [-0.4, -0.2) is 83.2 Å². The van der Waals surface area contributed by atoms with E-state index in [-0.39, 0.29) is 36.7 Å². The molecule has 32 heavy (non-hydrogen) atoms. The molecule has 0 radical (unpaired) electrons. The van der Waals surface area contributed by atoms with E-state index in [2.05, 4.69) is 17.2 Å². The molecule has 0 aliphatic carbocycles. The van der Waals surface area contributed by atoms with Gasteiger partial charge in [0.05, 0.1) is 45.8 Å². The zero-order chi connectivity index (χ0) is 24.6. The Bertz CT molecular complexity index is 826. The Morgan fingerprint density at radius 2 is 1.47 bits per heavy atom. The van der Waals surface area contributed by atoms with Gasteiger partial charge >= 0.3 is 0 Å². The maximum atomic E-state index is 13.0. The first-order chi connectivity index (χ1) is 15.0. The number of hydrogen-bond acceptors (Lipinski definition) is 7. The lowest BCUT2D eigenvalue weighted by Crippen LogP contribution is -2.38. The Morgan fingerprint density at radius 3 is 1.88 bits per heavy atom. The van der Waals surface area contributed by atoms with Crippen LogP contribution < -0.4 is 15.5 Å². The molecule has 2 unspecified atom stereocenters. The van der Waals surface area contributed by atoms with E-state index in [9.17, 15) is 24.6 Å². The minimum atomic E-state index is -1.16. The number of aliphatic hydroxyl groups excluding tert-OH is 4. The number of carbonyl (C=O) groups is 3. The predicted octanol–water partition coefficient (Wildman–Crippen LogP) is -0.0909. The van der Waals surface area contributed by atoms with Crippen LogP contribution in [0.3, 0.4) is 0 Å². The number of nitrogens with one attached hydrogen (secondary N) is 2. The zero-order valence-electron chi connectivity index (χ0n) is 17.7. The molecule has 0 spiro atoms. The van der Waals surface area contributed by atoms with E-state index in [1.54, 1.807) is 6.92 Å². The molecule has 1 aromatic carbocycles. The van der Waals surface area contributed by atoms with E-state index < -0.39 is 37.2 Å². The molecule has 0 saturated carbocycles. The second kappa shape index (κ2) is 13.4. The van der Waals surface area contributed by atoms with Crippen molar-refractivity contribution in [1.82, 2.24) is 10.6 Å². The highest BCUT2D eigenvalue weighted by Gasteiger charge is 2.30. The van der Waals surface area contributed by atoms with E-state index in [0.717, 1.165) is 0 Å². The minimum absolute atomic E-state index is 0.125. The summed E-state index contributed by atoms with van der Waals surface area (Å²) in [6.45, 7) is 5.31. The van der Waals surface area contributed by atoms with Crippen LogP contribution in [-0.2, 0) is 4.79 Å². The molecular weight excluding hydrogens is 648 g/mol. The molecular formula is C20H27I2N3O7. The summed E-state index contributed by atoms with van der Waals surface area (Å²) in [5.41, 5.74) is 1.06. The van der Waals surface area contributed by atoms with Crippen LogP contribution in [0.5, 0.6) is 0 Å². The summed E-state index contributed by atoms with van der Waals surface area (Å²) in [4.78, 5) is 39.7. The first-order valence-corrected chi connectivity index (χ1v) is 11.7. The number of hydrogen-bond donors (Lipinski definition) is 6. The Balaban J connectivity index is 3.68. The molecule has 0 saturated heterocycles. The maximum Gasteiger partial charge on any atom is 0.253 e. The van der Waals surface area contributed by atoms with Gasteiger partial charge in [-0.15, -0.1) is 6.58 Å². The molecule has 6 N–H and O–H groups in total. The Morgan fingerprint density at radius 1 is 1.00 bits per heavy atom. The van der Waals surface area contributed by atoms with Crippen LogP contribution in [0.25, 0.3) is 0 Å². The third kappa shape index (κ3) is 7.08. The fourth-order valence-corrected chi connectivity index (χ4v) is 5.70. The fraction of sp³-hybridized carbons (Fsp3) is 0.450. The largest absolute Gasteiger partial charge is 0.394 e. The Hall–Kier alpha value is -1.33. The van der Waals surface area contributed by atoms with Gasteiger partial charge < -0.3 is 36.0 Å². The second-order valence-electron chi connectivity index (χ2n) is 6.86. The van der Waals surface area contributed by atoms with Crippen molar-refractivity contribution < 1.29 is 34.8 Å². The number of aliphatic hydroxyl groups is 4. The van der Waals surface area contributed by atoms with E-state index in [4.69, 9.17) is 10.2 Å². The number of halogens is 2. The number of rotatable bonds is 11. The van der Waals surface area contributed by atoms with Gasteiger partial charge in [-0.25, -0.2) is 0 Å². The Labute approximate surface area is 213 Å². The van der Waals surface area contributed by atoms with Crippen LogP contribution in [0.15, 0.2) is 12.7 Å². The van der Waals surface area contributed by atoms with Gasteiger partial charge in [0, 0.05) is 30.1 Å². The smallest absolute Gasteiger partial charge is 0.253 e. The summed E-state index contributed by atoms with van der Waals surface area (Å²) < 4.78 is 0.729. The van der Waals surface area contributed by atoms with Gasteiger partial charge in [0.1, 0.15) is 0 Å². The van der Waals surface area contributed by atoms with Crippen molar-refractivity contribution in [2.45, 2.75) is 26.1 Å². The second-order valence-corrected chi connectivity index (χ2v) is 9.02. The molecule has 178 valence electrons. The van der Waals surface area contributed by atoms with E-state index >= 15 is 0 Å². The molecule has 3 amide bonds. The van der Waals surface area contributed by atoms with Crippen LogP contribution in [0.4, 0.5) is 5.69 Å². The lowest BCUT2D eigenvalue weighted by atomic mass is 10.00. The average Bonchev–Trinajstić information content (AvgIpc) is 2.74. The maximum absolute atomic E-state index is 13.0. The van der Waals surface area contributed by atoms with E-state index in [0.29, 0.717) is 18.4 Å². The first-order valence-electron chi connectivity index (χ1n) is 9.56. The summed E-state index contributed by atoms with van der Waals surface area (Å²) in [6.07, 6.45) is -0.794. The molecule has 0 aliphatic rings. The van der Waals surface area contributed by atoms with Gasteiger partial charge in [-0.05, 0) is 57.7 Å². The molecule has 10 nitrogen and oxygen atoms in total. The van der Waals surface area contributed by atoms with Crippen molar-refractivity contribution in [3.8, 4) is 0 Å². The number of nitrogens with zero attached hydrogens (tertiary/aromatic N) is 1. The topological polar surface area (TPSA) is 159 Å². The number of anilines is 1. The first kappa shape index (κ1) is 28.7. The lowest BCUT2D eigenvalue weighted by Gasteiger charge is -2.27. The van der Waals surface area contributed by atoms with Crippen LogP contribution in [0.2, 0.25) is 0 Å². The van der Waals surface area contributed by atoms with Gasteiger partial charge in [-0.2, -0.15) is 0 Å². The highest BCUT2D eigenvalue weighted by molar-refractivity contribution is 14.1. The van der Waals surface area contributed by atoms with Crippen LogP contribution in [0, 0.1) is 14.1 Å². The molecule has 0 heterocycles. The SMILES string of the molecule is C=CCN(C(C)=O)c1c(C)c(C(=O)NCC(O)CO)c(I)c(C(=O)NCC(O)CO)c1I. The molecule has 0 aliphatic heterocycles. The molecule has 0 bridgehead atoms. The molecule has 0 fully saturated rings. The van der Waals surface area contributed by atoms with Crippen LogP contribution in [0.1, 0.15) is 33.2 Å². The number of amides is 3. The quantitative estimate of drug-likeness (QED) is 0.141. The summed E-state index contributed by atoms with van der Waals surface area (Å²) in [7, 11) is 0. The summed E-state index contributed by atoms with van der Waals surface area (Å²) >= 11 is 3.79. The standard InChI is InChI=1S/C20H27I2N3O7/c1-4-5-25(11(3)28)18-10(2)14(19(31)23-6-12(29)8-26)16(21)15(17(18)22)20(32)24-7-13(30)9-27/h4,12-13,26-27,29-30H,1,5-9H2,2-3H3,(H,23,31)(H,24,32). The van der Waals surface area contributed by atoms with Gasteiger partial charge in [0.15, 0.2) is 0 Å².